The van der Waals surface area contributed by atoms with Crippen LogP contribution in [0.3, 0.4) is 0 Å². The quantitative estimate of drug-likeness (QED) is 0.286. The summed E-state index contributed by atoms with van der Waals surface area (Å²) in [5.74, 6) is 0.772. The zero-order chi connectivity index (χ0) is 23.2. The predicted octanol–water partition coefficient (Wildman–Crippen LogP) is 4.11. The van der Waals surface area contributed by atoms with E-state index in [4.69, 9.17) is 27.9 Å². The summed E-state index contributed by atoms with van der Waals surface area (Å²) in [6, 6.07) is 11.2. The summed E-state index contributed by atoms with van der Waals surface area (Å²) >= 11 is 12.3. The topological polar surface area (TPSA) is 131 Å². The number of aromatic nitrogens is 3. The van der Waals surface area contributed by atoms with E-state index in [-0.39, 0.29) is 17.6 Å². The Morgan fingerprint density at radius 2 is 1.76 bits per heavy atom. The van der Waals surface area contributed by atoms with Crippen LogP contribution in [0.4, 0.5) is 29.2 Å². The molecule has 13 heteroatoms. The van der Waals surface area contributed by atoms with Gasteiger partial charge in [0, 0.05) is 36.5 Å². The lowest BCUT2D eigenvalue weighted by Gasteiger charge is -2.27. The molecule has 170 valence electrons. The number of anilines is 4. The van der Waals surface area contributed by atoms with Crippen LogP contribution in [0.25, 0.3) is 0 Å². The van der Waals surface area contributed by atoms with E-state index in [1.165, 1.54) is 18.3 Å². The van der Waals surface area contributed by atoms with E-state index in [9.17, 15) is 10.1 Å². The average molecular weight is 489 g/mol. The standard InChI is InChI=1S/C20H18Cl2N8O3/c21-16-5-2-6-17(22)15(16)12-23-28-19-25-18(24-13-3-1-4-14(11-13)30(31)32)26-20(27-19)29-7-9-33-10-8-29/h1-6,11-12H,7-10H2,(H2,24,25,26,27,28)/b23-12+. The molecule has 0 saturated carbocycles. The van der Waals surface area contributed by atoms with Gasteiger partial charge in [0.25, 0.3) is 5.69 Å². The summed E-state index contributed by atoms with van der Waals surface area (Å²) in [7, 11) is 0. The van der Waals surface area contributed by atoms with Gasteiger partial charge in [-0.15, -0.1) is 0 Å². The third-order valence-electron chi connectivity index (χ3n) is 4.59. The summed E-state index contributed by atoms with van der Waals surface area (Å²) < 4.78 is 5.39. The summed E-state index contributed by atoms with van der Waals surface area (Å²) in [6.07, 6.45) is 1.47. The molecule has 1 aromatic heterocycles. The van der Waals surface area contributed by atoms with E-state index in [2.05, 4.69) is 30.8 Å². The summed E-state index contributed by atoms with van der Waals surface area (Å²) in [5, 5.41) is 19.1. The first kappa shape index (κ1) is 22.6. The molecule has 0 bridgehead atoms. The zero-order valence-corrected chi connectivity index (χ0v) is 18.6. The van der Waals surface area contributed by atoms with E-state index < -0.39 is 4.92 Å². The van der Waals surface area contributed by atoms with Gasteiger partial charge in [0.15, 0.2) is 0 Å². The van der Waals surface area contributed by atoms with Gasteiger partial charge in [0.2, 0.25) is 17.8 Å². The van der Waals surface area contributed by atoms with Gasteiger partial charge in [0.1, 0.15) is 0 Å². The van der Waals surface area contributed by atoms with Crippen molar-refractivity contribution in [2.24, 2.45) is 5.10 Å². The highest BCUT2D eigenvalue weighted by atomic mass is 35.5. The first-order valence-corrected chi connectivity index (χ1v) is 10.6. The molecule has 0 spiro atoms. The lowest BCUT2D eigenvalue weighted by atomic mass is 10.2. The minimum absolute atomic E-state index is 0.0537. The highest BCUT2D eigenvalue weighted by Gasteiger charge is 2.17. The molecule has 1 fully saturated rings. The van der Waals surface area contributed by atoms with Crippen molar-refractivity contribution >= 4 is 58.6 Å². The number of hydrogen-bond acceptors (Lipinski definition) is 10. The minimum atomic E-state index is -0.473. The number of halogens is 2. The van der Waals surface area contributed by atoms with E-state index in [1.54, 1.807) is 30.3 Å². The number of hydrazone groups is 1. The third-order valence-corrected chi connectivity index (χ3v) is 5.25. The van der Waals surface area contributed by atoms with E-state index in [1.807, 2.05) is 4.90 Å². The molecule has 2 heterocycles. The number of non-ortho nitro benzene ring substituents is 1. The lowest BCUT2D eigenvalue weighted by Crippen LogP contribution is -2.37. The van der Waals surface area contributed by atoms with Crippen molar-refractivity contribution in [1.82, 2.24) is 15.0 Å². The highest BCUT2D eigenvalue weighted by molar-refractivity contribution is 6.38. The Balaban J connectivity index is 1.61. The van der Waals surface area contributed by atoms with Crippen molar-refractivity contribution in [3.05, 3.63) is 68.2 Å². The largest absolute Gasteiger partial charge is 0.378 e. The SMILES string of the molecule is O=[N+]([O-])c1cccc(Nc2nc(N/N=C/c3c(Cl)cccc3Cl)nc(N3CCOCC3)n2)c1. The number of nitro groups is 1. The Hall–Kier alpha value is -3.54. The van der Waals surface area contributed by atoms with Crippen LogP contribution in [0.5, 0.6) is 0 Å². The molecule has 0 unspecified atom stereocenters. The van der Waals surface area contributed by atoms with Crippen molar-refractivity contribution < 1.29 is 9.66 Å². The Kier molecular flexibility index (Phi) is 7.13. The van der Waals surface area contributed by atoms with Gasteiger partial charge < -0.3 is 15.0 Å². The molecule has 0 radical (unpaired) electrons. The van der Waals surface area contributed by atoms with Crippen LogP contribution in [0, 0.1) is 10.1 Å². The fourth-order valence-electron chi connectivity index (χ4n) is 2.99. The molecule has 0 atom stereocenters. The molecule has 0 aliphatic carbocycles. The van der Waals surface area contributed by atoms with Gasteiger partial charge >= 0.3 is 0 Å². The van der Waals surface area contributed by atoms with Crippen LogP contribution < -0.4 is 15.6 Å². The number of ether oxygens (including phenoxy) is 1. The van der Waals surface area contributed by atoms with Gasteiger partial charge in [-0.25, -0.2) is 5.43 Å². The molecule has 4 rings (SSSR count). The number of nitrogens with one attached hydrogen (secondary N) is 2. The predicted molar refractivity (Wildman–Crippen MR) is 127 cm³/mol. The van der Waals surface area contributed by atoms with Crippen molar-refractivity contribution in [1.29, 1.82) is 0 Å². The maximum atomic E-state index is 11.1. The molecule has 1 aliphatic rings. The smallest absolute Gasteiger partial charge is 0.271 e. The summed E-state index contributed by atoms with van der Waals surface area (Å²) in [5.41, 5.74) is 3.72. The van der Waals surface area contributed by atoms with Crippen LogP contribution in [0.2, 0.25) is 10.0 Å². The molecule has 1 aliphatic heterocycles. The van der Waals surface area contributed by atoms with E-state index in [0.717, 1.165) is 0 Å². The highest BCUT2D eigenvalue weighted by Crippen LogP contribution is 2.23. The van der Waals surface area contributed by atoms with Crippen LogP contribution in [-0.4, -0.2) is 52.4 Å². The normalized spacial score (nSPS) is 13.8. The molecule has 3 aromatic rings. The molecular formula is C20H18Cl2N8O3. The minimum Gasteiger partial charge on any atom is -0.378 e. The van der Waals surface area contributed by atoms with Gasteiger partial charge in [-0.3, -0.25) is 10.1 Å². The van der Waals surface area contributed by atoms with Gasteiger partial charge in [0.05, 0.1) is 34.4 Å². The maximum absolute atomic E-state index is 11.1. The molecule has 33 heavy (non-hydrogen) atoms. The molecular weight excluding hydrogens is 471 g/mol. The molecule has 0 amide bonds. The van der Waals surface area contributed by atoms with Crippen LogP contribution in [0.15, 0.2) is 47.6 Å². The number of hydrogen-bond donors (Lipinski definition) is 2. The average Bonchev–Trinajstić information content (AvgIpc) is 2.81. The number of morpholine rings is 1. The fourth-order valence-corrected chi connectivity index (χ4v) is 3.49. The number of nitro benzene ring substituents is 1. The van der Waals surface area contributed by atoms with Crippen molar-refractivity contribution in [3.8, 4) is 0 Å². The van der Waals surface area contributed by atoms with Crippen molar-refractivity contribution in [3.63, 3.8) is 0 Å². The second-order valence-corrected chi connectivity index (χ2v) is 7.63. The first-order valence-electron chi connectivity index (χ1n) is 9.83. The van der Waals surface area contributed by atoms with Crippen LogP contribution in [0.1, 0.15) is 5.56 Å². The van der Waals surface area contributed by atoms with Gasteiger partial charge in [-0.1, -0.05) is 35.3 Å². The van der Waals surface area contributed by atoms with Gasteiger partial charge in [-0.05, 0) is 18.2 Å². The summed E-state index contributed by atoms with van der Waals surface area (Å²) in [4.78, 5) is 25.8. The Labute approximate surface area is 198 Å². The maximum Gasteiger partial charge on any atom is 0.271 e. The molecule has 11 nitrogen and oxygen atoms in total. The lowest BCUT2D eigenvalue weighted by molar-refractivity contribution is -0.384. The molecule has 2 N–H and O–H groups in total. The zero-order valence-electron chi connectivity index (χ0n) is 17.1. The molecule has 1 saturated heterocycles. The van der Waals surface area contributed by atoms with Crippen LogP contribution >= 0.6 is 23.2 Å². The van der Waals surface area contributed by atoms with Gasteiger partial charge in [-0.2, -0.15) is 20.1 Å². The van der Waals surface area contributed by atoms with Crippen molar-refractivity contribution in [2.45, 2.75) is 0 Å². The first-order chi connectivity index (χ1) is 16.0. The Morgan fingerprint density at radius 1 is 1.06 bits per heavy atom. The second kappa shape index (κ2) is 10.4. The summed E-state index contributed by atoms with van der Waals surface area (Å²) in [6.45, 7) is 2.31. The number of nitrogens with zero attached hydrogens (tertiary/aromatic N) is 6. The fraction of sp³-hybridized carbons (Fsp3) is 0.200. The third kappa shape index (κ3) is 5.83. The molecule has 2 aromatic carbocycles. The monoisotopic (exact) mass is 488 g/mol. The second-order valence-electron chi connectivity index (χ2n) is 6.82. The van der Waals surface area contributed by atoms with Crippen LogP contribution in [-0.2, 0) is 4.74 Å². The number of rotatable bonds is 7. The van der Waals surface area contributed by atoms with Crippen molar-refractivity contribution in [2.75, 3.05) is 41.9 Å². The Bertz CT molecular complexity index is 1170. The van der Waals surface area contributed by atoms with E-state index in [0.29, 0.717) is 53.5 Å². The van der Waals surface area contributed by atoms with E-state index >= 15 is 0 Å². The number of benzene rings is 2. The Morgan fingerprint density at radius 3 is 2.48 bits per heavy atom.